The predicted octanol–water partition coefficient (Wildman–Crippen LogP) is 4.39. The minimum Gasteiger partial charge on any atom is -0.489 e. The monoisotopic (exact) mass is 412 g/mol. The molecule has 150 valence electrons. The first-order valence-corrected chi connectivity index (χ1v) is 10.4. The number of non-ortho nitro benzene ring substituents is 1. The van der Waals surface area contributed by atoms with Gasteiger partial charge in [0.15, 0.2) is 0 Å². The van der Waals surface area contributed by atoms with Crippen molar-refractivity contribution in [3.63, 3.8) is 0 Å². The number of nitro groups is 1. The molecule has 0 aliphatic carbocycles. The summed E-state index contributed by atoms with van der Waals surface area (Å²) in [5.41, 5.74) is 1.21. The van der Waals surface area contributed by atoms with Crippen molar-refractivity contribution < 1.29 is 18.1 Å². The van der Waals surface area contributed by atoms with E-state index in [0.29, 0.717) is 18.0 Å². The molecule has 0 bridgehead atoms. The Morgan fingerprint density at radius 1 is 0.966 bits per heavy atom. The molecule has 3 aromatic carbocycles. The molecule has 0 aliphatic heterocycles. The van der Waals surface area contributed by atoms with Crippen LogP contribution in [0.2, 0.25) is 0 Å². The first-order chi connectivity index (χ1) is 13.9. The van der Waals surface area contributed by atoms with Gasteiger partial charge in [-0.2, -0.15) is 0 Å². The maximum atomic E-state index is 13.0. The van der Waals surface area contributed by atoms with Crippen molar-refractivity contribution in [2.24, 2.45) is 0 Å². The largest absolute Gasteiger partial charge is 0.489 e. The maximum Gasteiger partial charge on any atom is 0.270 e. The molecular weight excluding hydrogens is 392 g/mol. The minimum atomic E-state index is -3.94. The average molecular weight is 412 g/mol. The summed E-state index contributed by atoms with van der Waals surface area (Å²) in [6.45, 7) is 2.29. The van der Waals surface area contributed by atoms with E-state index in [1.54, 1.807) is 31.2 Å². The first kappa shape index (κ1) is 20.3. The van der Waals surface area contributed by atoms with Crippen LogP contribution in [0.3, 0.4) is 0 Å². The van der Waals surface area contributed by atoms with Crippen molar-refractivity contribution in [1.82, 2.24) is 0 Å². The molecule has 0 N–H and O–H groups in total. The molecule has 7 nitrogen and oxygen atoms in total. The third-order valence-electron chi connectivity index (χ3n) is 4.28. The van der Waals surface area contributed by atoms with Crippen molar-refractivity contribution in [1.29, 1.82) is 0 Å². The van der Waals surface area contributed by atoms with Gasteiger partial charge in [0.2, 0.25) is 0 Å². The topological polar surface area (TPSA) is 89.8 Å². The maximum absolute atomic E-state index is 13.0. The molecule has 0 aromatic heterocycles. The van der Waals surface area contributed by atoms with Gasteiger partial charge >= 0.3 is 0 Å². The highest BCUT2D eigenvalue weighted by atomic mass is 32.2. The third kappa shape index (κ3) is 4.72. The molecule has 3 rings (SSSR count). The molecule has 0 aliphatic rings. The van der Waals surface area contributed by atoms with Crippen LogP contribution in [0.25, 0.3) is 0 Å². The standard InChI is InChI=1S/C21H20N2O5S/c1-2-22(29(26,27)21-10-6-9-19(15-21)23(24)25)18-11-13-20(14-12-18)28-16-17-7-4-3-5-8-17/h3-15H,2,16H2,1H3. The lowest BCUT2D eigenvalue weighted by Gasteiger charge is -2.23. The number of hydrogen-bond acceptors (Lipinski definition) is 5. The molecule has 3 aromatic rings. The fourth-order valence-corrected chi connectivity index (χ4v) is 4.34. The average Bonchev–Trinajstić information content (AvgIpc) is 2.74. The molecular formula is C21H20N2O5S. The van der Waals surface area contributed by atoms with Crippen LogP contribution in [0, 0.1) is 10.1 Å². The number of hydrogen-bond donors (Lipinski definition) is 0. The minimum absolute atomic E-state index is 0.127. The van der Waals surface area contributed by atoms with Crippen LogP contribution >= 0.6 is 0 Å². The molecule has 0 unspecified atom stereocenters. The van der Waals surface area contributed by atoms with Crippen molar-refractivity contribution in [2.45, 2.75) is 18.4 Å². The van der Waals surface area contributed by atoms with E-state index in [1.807, 2.05) is 30.3 Å². The molecule has 0 radical (unpaired) electrons. The van der Waals surface area contributed by atoms with Crippen LogP contribution in [-0.4, -0.2) is 19.9 Å². The van der Waals surface area contributed by atoms with Crippen LogP contribution in [0.15, 0.2) is 83.8 Å². The lowest BCUT2D eigenvalue weighted by molar-refractivity contribution is -0.385. The number of rotatable bonds is 8. The van der Waals surface area contributed by atoms with E-state index in [-0.39, 0.29) is 17.1 Å². The smallest absolute Gasteiger partial charge is 0.270 e. The zero-order valence-corrected chi connectivity index (χ0v) is 16.6. The van der Waals surface area contributed by atoms with Crippen molar-refractivity contribution >= 4 is 21.4 Å². The SMILES string of the molecule is CCN(c1ccc(OCc2ccccc2)cc1)S(=O)(=O)c1cccc([N+](=O)[O-])c1. The van der Waals surface area contributed by atoms with E-state index >= 15 is 0 Å². The van der Waals surface area contributed by atoms with Crippen molar-refractivity contribution in [2.75, 3.05) is 10.8 Å². The Morgan fingerprint density at radius 3 is 2.28 bits per heavy atom. The Labute approximate surface area is 169 Å². The van der Waals surface area contributed by atoms with Gasteiger partial charge in [-0.1, -0.05) is 36.4 Å². The van der Waals surface area contributed by atoms with Crippen LogP contribution in [-0.2, 0) is 16.6 Å². The van der Waals surface area contributed by atoms with Crippen LogP contribution in [0.1, 0.15) is 12.5 Å². The summed E-state index contributed by atoms with van der Waals surface area (Å²) in [5, 5.41) is 11.0. The molecule has 0 saturated carbocycles. The molecule has 8 heteroatoms. The Morgan fingerprint density at radius 2 is 1.66 bits per heavy atom. The van der Waals surface area contributed by atoms with Gasteiger partial charge in [0.25, 0.3) is 15.7 Å². The second-order valence-electron chi connectivity index (χ2n) is 6.19. The van der Waals surface area contributed by atoms with Crippen LogP contribution < -0.4 is 9.04 Å². The van der Waals surface area contributed by atoms with Crippen LogP contribution in [0.4, 0.5) is 11.4 Å². The van der Waals surface area contributed by atoms with Gasteiger partial charge in [0.1, 0.15) is 12.4 Å². The summed E-state index contributed by atoms with van der Waals surface area (Å²) in [5.74, 6) is 0.612. The Kier molecular flexibility index (Phi) is 6.13. The normalized spacial score (nSPS) is 11.1. The molecule has 0 saturated heterocycles. The van der Waals surface area contributed by atoms with Gasteiger partial charge in [-0.25, -0.2) is 8.42 Å². The summed E-state index contributed by atoms with van der Waals surface area (Å²) >= 11 is 0. The highest BCUT2D eigenvalue weighted by Gasteiger charge is 2.25. The second-order valence-corrected chi connectivity index (χ2v) is 8.05. The molecule has 0 atom stereocenters. The number of nitro benzene ring substituents is 1. The van der Waals surface area contributed by atoms with Gasteiger partial charge in [-0.3, -0.25) is 14.4 Å². The summed E-state index contributed by atoms with van der Waals surface area (Å²) in [7, 11) is -3.94. The highest BCUT2D eigenvalue weighted by molar-refractivity contribution is 7.92. The van der Waals surface area contributed by atoms with Crippen LogP contribution in [0.5, 0.6) is 5.75 Å². The summed E-state index contributed by atoms with van der Waals surface area (Å²) in [4.78, 5) is 10.2. The van der Waals surface area contributed by atoms with E-state index in [9.17, 15) is 18.5 Å². The molecule has 0 heterocycles. The summed E-state index contributed by atoms with van der Waals surface area (Å²) in [6, 6.07) is 21.4. The quantitative estimate of drug-likeness (QED) is 0.404. The number of nitrogens with zero attached hydrogens (tertiary/aromatic N) is 2. The summed E-state index contributed by atoms with van der Waals surface area (Å²) in [6.07, 6.45) is 0. The van der Waals surface area contributed by atoms with Gasteiger partial charge in [-0.05, 0) is 42.8 Å². The number of benzene rings is 3. The highest BCUT2D eigenvalue weighted by Crippen LogP contribution is 2.27. The summed E-state index contributed by atoms with van der Waals surface area (Å²) < 4.78 is 32.9. The van der Waals surface area contributed by atoms with E-state index in [4.69, 9.17) is 4.74 Å². The lowest BCUT2D eigenvalue weighted by Crippen LogP contribution is -2.30. The third-order valence-corrected chi connectivity index (χ3v) is 6.18. The Bertz CT molecular complexity index is 1080. The predicted molar refractivity (Wildman–Crippen MR) is 111 cm³/mol. The van der Waals surface area contributed by atoms with E-state index in [2.05, 4.69) is 0 Å². The van der Waals surface area contributed by atoms with Crippen molar-refractivity contribution in [3.05, 3.63) is 94.5 Å². The fourth-order valence-electron chi connectivity index (χ4n) is 2.83. The van der Waals surface area contributed by atoms with Gasteiger partial charge in [-0.15, -0.1) is 0 Å². The molecule has 0 amide bonds. The first-order valence-electron chi connectivity index (χ1n) is 8.96. The van der Waals surface area contributed by atoms with E-state index in [1.165, 1.54) is 22.5 Å². The van der Waals surface area contributed by atoms with E-state index < -0.39 is 14.9 Å². The fraction of sp³-hybridized carbons (Fsp3) is 0.143. The molecule has 0 spiro atoms. The van der Waals surface area contributed by atoms with E-state index in [0.717, 1.165) is 11.6 Å². The van der Waals surface area contributed by atoms with Gasteiger partial charge in [0.05, 0.1) is 15.5 Å². The van der Waals surface area contributed by atoms with Crippen molar-refractivity contribution in [3.8, 4) is 5.75 Å². The Balaban J connectivity index is 1.80. The number of sulfonamides is 1. The zero-order chi connectivity index (χ0) is 20.9. The lowest BCUT2D eigenvalue weighted by atomic mass is 10.2. The zero-order valence-electron chi connectivity index (χ0n) is 15.8. The molecule has 0 fully saturated rings. The van der Waals surface area contributed by atoms with Gasteiger partial charge < -0.3 is 4.74 Å². The number of anilines is 1. The Hall–Kier alpha value is -3.39. The second kappa shape index (κ2) is 8.74. The number of ether oxygens (including phenoxy) is 1. The van der Waals surface area contributed by atoms with Gasteiger partial charge in [0, 0.05) is 18.7 Å². The molecule has 29 heavy (non-hydrogen) atoms.